The van der Waals surface area contributed by atoms with Gasteiger partial charge in [-0.3, -0.25) is 9.59 Å². The number of hydrogen-bond donors (Lipinski definition) is 0. The minimum absolute atomic E-state index is 0.0961. The number of ether oxygens (including phenoxy) is 2. The minimum atomic E-state index is -0.517. The van der Waals surface area contributed by atoms with E-state index >= 15 is 0 Å². The monoisotopic (exact) mass is 292 g/mol. The molecule has 0 spiro atoms. The number of allylic oxidation sites excluding steroid dienone is 1. The molecule has 0 unspecified atom stereocenters. The van der Waals surface area contributed by atoms with Crippen LogP contribution in [0.25, 0.3) is 0 Å². The summed E-state index contributed by atoms with van der Waals surface area (Å²) in [6.45, 7) is 6.21. The number of hydrogen-bond acceptors (Lipinski definition) is 4. The first-order chi connectivity index (χ1) is 9.76. The number of esters is 2. The van der Waals surface area contributed by atoms with E-state index in [2.05, 4.69) is 13.0 Å². The van der Waals surface area contributed by atoms with Crippen molar-refractivity contribution in [2.24, 2.45) is 22.7 Å². The van der Waals surface area contributed by atoms with Crippen LogP contribution in [0.4, 0.5) is 0 Å². The number of methoxy groups -OCH3 is 1. The molecule has 1 heterocycles. The standard InChI is InChI=1S/C17H24O4/c1-15-7-5-8-16(2,14(19)20-4)11(15)6-9-17(3)12(15)10-13(18)21-17/h6,9,11-12H,5,7-8,10H2,1-4H3/t11-,12-,15+,16+,17+/m1/s1. The van der Waals surface area contributed by atoms with Crippen molar-refractivity contribution in [1.82, 2.24) is 0 Å². The lowest BCUT2D eigenvalue weighted by molar-refractivity contribution is -0.167. The second kappa shape index (κ2) is 4.34. The molecule has 21 heavy (non-hydrogen) atoms. The molecule has 0 amide bonds. The minimum Gasteiger partial charge on any atom is -0.469 e. The third-order valence-corrected chi connectivity index (χ3v) is 6.27. The van der Waals surface area contributed by atoms with E-state index in [-0.39, 0.29) is 29.2 Å². The first kappa shape index (κ1) is 14.6. The maximum absolute atomic E-state index is 12.4. The molecule has 0 radical (unpaired) electrons. The summed E-state index contributed by atoms with van der Waals surface area (Å²) >= 11 is 0. The molecule has 2 aliphatic carbocycles. The Morgan fingerprint density at radius 2 is 2.05 bits per heavy atom. The van der Waals surface area contributed by atoms with Gasteiger partial charge in [-0.15, -0.1) is 0 Å². The van der Waals surface area contributed by atoms with Crippen LogP contribution in [0.1, 0.15) is 46.5 Å². The first-order valence-corrected chi connectivity index (χ1v) is 7.76. The summed E-state index contributed by atoms with van der Waals surface area (Å²) in [5, 5.41) is 0. The van der Waals surface area contributed by atoms with E-state index in [4.69, 9.17) is 9.47 Å². The fourth-order valence-corrected chi connectivity index (χ4v) is 5.21. The van der Waals surface area contributed by atoms with Crippen molar-refractivity contribution in [1.29, 1.82) is 0 Å². The van der Waals surface area contributed by atoms with Crippen LogP contribution in [0, 0.1) is 22.7 Å². The quantitative estimate of drug-likeness (QED) is 0.551. The lowest BCUT2D eigenvalue weighted by atomic mass is 9.47. The normalized spacial score (nSPS) is 48.3. The van der Waals surface area contributed by atoms with Crippen molar-refractivity contribution in [3.05, 3.63) is 12.2 Å². The first-order valence-electron chi connectivity index (χ1n) is 7.76. The summed E-state index contributed by atoms with van der Waals surface area (Å²) < 4.78 is 10.7. The summed E-state index contributed by atoms with van der Waals surface area (Å²) in [5.41, 5.74) is -1.13. The largest absolute Gasteiger partial charge is 0.469 e. The van der Waals surface area contributed by atoms with E-state index in [9.17, 15) is 9.59 Å². The number of carbonyl (C=O) groups is 2. The zero-order valence-corrected chi connectivity index (χ0v) is 13.3. The molecule has 0 aromatic carbocycles. The second-order valence-electron chi connectivity index (χ2n) is 7.52. The van der Waals surface area contributed by atoms with Crippen molar-refractivity contribution >= 4 is 11.9 Å². The molecule has 2 fully saturated rings. The summed E-state index contributed by atoms with van der Waals surface area (Å²) in [6, 6.07) is 0. The van der Waals surface area contributed by atoms with Crippen molar-refractivity contribution < 1.29 is 19.1 Å². The Morgan fingerprint density at radius 1 is 1.33 bits per heavy atom. The van der Waals surface area contributed by atoms with Crippen LogP contribution in [-0.4, -0.2) is 24.6 Å². The Kier molecular flexibility index (Phi) is 3.02. The van der Waals surface area contributed by atoms with Crippen LogP contribution in [0.3, 0.4) is 0 Å². The summed E-state index contributed by atoms with van der Waals surface area (Å²) in [6.07, 6.45) is 7.39. The van der Waals surface area contributed by atoms with Gasteiger partial charge in [0, 0.05) is 5.92 Å². The summed E-state index contributed by atoms with van der Waals surface area (Å²) in [5.74, 6) is -0.0353. The molecular weight excluding hydrogens is 268 g/mol. The fraction of sp³-hybridized carbons (Fsp3) is 0.765. The average molecular weight is 292 g/mol. The van der Waals surface area contributed by atoms with Gasteiger partial charge in [0.05, 0.1) is 18.9 Å². The molecule has 0 aromatic heterocycles. The van der Waals surface area contributed by atoms with Crippen LogP contribution in [0.2, 0.25) is 0 Å². The highest BCUT2D eigenvalue weighted by atomic mass is 16.6. The molecule has 116 valence electrons. The van der Waals surface area contributed by atoms with Crippen molar-refractivity contribution in [2.45, 2.75) is 52.1 Å². The van der Waals surface area contributed by atoms with Crippen molar-refractivity contribution in [3.63, 3.8) is 0 Å². The zero-order valence-electron chi connectivity index (χ0n) is 13.3. The van der Waals surface area contributed by atoms with Crippen molar-refractivity contribution in [3.8, 4) is 0 Å². The Bertz CT molecular complexity index is 525. The predicted molar refractivity (Wildman–Crippen MR) is 77.3 cm³/mol. The summed E-state index contributed by atoms with van der Waals surface area (Å²) in [7, 11) is 1.46. The lowest BCUT2D eigenvalue weighted by Gasteiger charge is -2.56. The Labute approximate surface area is 125 Å². The van der Waals surface area contributed by atoms with Gasteiger partial charge in [0.15, 0.2) is 0 Å². The second-order valence-corrected chi connectivity index (χ2v) is 7.52. The van der Waals surface area contributed by atoms with E-state index in [0.717, 1.165) is 19.3 Å². The average Bonchev–Trinajstić information content (AvgIpc) is 2.73. The molecule has 1 saturated heterocycles. The maximum Gasteiger partial charge on any atom is 0.312 e. The molecule has 1 saturated carbocycles. The topological polar surface area (TPSA) is 52.6 Å². The maximum atomic E-state index is 12.4. The third-order valence-electron chi connectivity index (χ3n) is 6.27. The van der Waals surface area contributed by atoms with Gasteiger partial charge in [-0.1, -0.05) is 19.4 Å². The van der Waals surface area contributed by atoms with Gasteiger partial charge >= 0.3 is 11.9 Å². The van der Waals surface area contributed by atoms with Gasteiger partial charge < -0.3 is 9.47 Å². The van der Waals surface area contributed by atoms with Crippen LogP contribution in [0.15, 0.2) is 12.2 Å². The lowest BCUT2D eigenvalue weighted by Crippen LogP contribution is -2.56. The van der Waals surface area contributed by atoms with Crippen LogP contribution < -0.4 is 0 Å². The van der Waals surface area contributed by atoms with E-state index in [0.29, 0.717) is 6.42 Å². The van der Waals surface area contributed by atoms with Gasteiger partial charge in [-0.25, -0.2) is 0 Å². The third kappa shape index (κ3) is 1.80. The highest BCUT2D eigenvalue weighted by molar-refractivity contribution is 5.78. The van der Waals surface area contributed by atoms with Gasteiger partial charge in [0.25, 0.3) is 0 Å². The highest BCUT2D eigenvalue weighted by Crippen LogP contribution is 2.62. The number of carbonyl (C=O) groups excluding carboxylic acids is 2. The molecule has 0 N–H and O–H groups in total. The van der Waals surface area contributed by atoms with Crippen LogP contribution in [0.5, 0.6) is 0 Å². The molecule has 3 aliphatic rings. The number of rotatable bonds is 1. The summed E-state index contributed by atoms with van der Waals surface area (Å²) in [4.78, 5) is 24.2. The molecule has 4 heteroatoms. The Morgan fingerprint density at radius 3 is 2.71 bits per heavy atom. The van der Waals surface area contributed by atoms with Crippen LogP contribution >= 0.6 is 0 Å². The predicted octanol–water partition coefficient (Wildman–Crippen LogP) is 2.86. The molecule has 5 atom stereocenters. The Balaban J connectivity index is 2.07. The van der Waals surface area contributed by atoms with E-state index < -0.39 is 11.0 Å². The highest BCUT2D eigenvalue weighted by Gasteiger charge is 2.63. The SMILES string of the molecule is COC(=O)[C@@]1(C)CCC[C@]2(C)[C@H]3CC(=O)O[C@@]3(C)C=C[C@H]21. The van der Waals surface area contributed by atoms with Gasteiger partial charge in [-0.2, -0.15) is 0 Å². The van der Waals surface area contributed by atoms with Gasteiger partial charge in [-0.05, 0) is 44.1 Å². The van der Waals surface area contributed by atoms with E-state index in [1.807, 2.05) is 19.9 Å². The zero-order chi connectivity index (χ0) is 15.5. The van der Waals surface area contributed by atoms with Gasteiger partial charge in [0.1, 0.15) is 5.60 Å². The molecule has 0 aromatic rings. The van der Waals surface area contributed by atoms with Crippen LogP contribution in [-0.2, 0) is 19.1 Å². The van der Waals surface area contributed by atoms with E-state index in [1.54, 1.807) is 0 Å². The molecule has 0 bridgehead atoms. The molecule has 4 nitrogen and oxygen atoms in total. The molecule has 1 aliphatic heterocycles. The van der Waals surface area contributed by atoms with Gasteiger partial charge in [0.2, 0.25) is 0 Å². The fourth-order valence-electron chi connectivity index (χ4n) is 5.21. The smallest absolute Gasteiger partial charge is 0.312 e. The molecular formula is C17H24O4. The van der Waals surface area contributed by atoms with E-state index in [1.165, 1.54) is 7.11 Å². The molecule has 3 rings (SSSR count). The van der Waals surface area contributed by atoms with Crippen molar-refractivity contribution in [2.75, 3.05) is 7.11 Å². The Hall–Kier alpha value is -1.32. The number of fused-ring (bicyclic) bond motifs is 3.